The van der Waals surface area contributed by atoms with Crippen molar-refractivity contribution in [3.05, 3.63) is 59.8 Å². The second-order valence-corrected chi connectivity index (χ2v) is 7.22. The fourth-order valence-electron chi connectivity index (χ4n) is 3.27. The van der Waals surface area contributed by atoms with E-state index in [9.17, 15) is 4.79 Å². The number of piperidine rings is 1. The first kappa shape index (κ1) is 18.4. The minimum absolute atomic E-state index is 0.0843. The van der Waals surface area contributed by atoms with E-state index in [1.807, 2.05) is 18.2 Å². The highest BCUT2D eigenvalue weighted by Crippen LogP contribution is 2.15. The number of rotatable bonds is 6. The number of benzene rings is 1. The zero-order valence-corrected chi connectivity index (χ0v) is 15.6. The number of carbonyl (C=O) groups is 1. The lowest BCUT2D eigenvalue weighted by Crippen LogP contribution is -2.44. The Morgan fingerprint density at radius 1 is 1.12 bits per heavy atom. The molecule has 0 radical (unpaired) electrons. The smallest absolute Gasteiger partial charge is 0.270 e. The molecule has 5 heteroatoms. The normalized spacial score (nSPS) is 15.8. The topological polar surface area (TPSA) is 57.3 Å². The Labute approximate surface area is 155 Å². The number of pyridine rings is 1. The average Bonchev–Trinajstić information content (AvgIpc) is 2.64. The lowest BCUT2D eigenvalue weighted by atomic mass is 10.0. The first-order valence-corrected chi connectivity index (χ1v) is 9.41. The fraction of sp³-hybridized carbons (Fsp3) is 0.429. The summed E-state index contributed by atoms with van der Waals surface area (Å²) in [6.45, 7) is 7.09. The standard InChI is InChI=1S/C21H28N4O/c1-16(2)22-20-10-6-9-19(24-20)21(26)23-18-11-13-25(14-12-18)15-17-7-4-3-5-8-17/h3-10,16,18H,11-15H2,1-2H3,(H,22,24)(H,23,26). The van der Waals surface area contributed by atoms with Crippen molar-refractivity contribution in [1.29, 1.82) is 0 Å². The van der Waals surface area contributed by atoms with Gasteiger partial charge in [0.05, 0.1) is 0 Å². The quantitative estimate of drug-likeness (QED) is 0.837. The first-order valence-electron chi connectivity index (χ1n) is 9.41. The van der Waals surface area contributed by atoms with Crippen LogP contribution >= 0.6 is 0 Å². The largest absolute Gasteiger partial charge is 0.368 e. The van der Waals surface area contributed by atoms with Crippen LogP contribution in [0.25, 0.3) is 0 Å². The molecule has 1 saturated heterocycles. The Morgan fingerprint density at radius 3 is 2.54 bits per heavy atom. The summed E-state index contributed by atoms with van der Waals surface area (Å²) in [5.41, 5.74) is 1.82. The summed E-state index contributed by atoms with van der Waals surface area (Å²) in [6, 6.07) is 16.6. The molecule has 3 rings (SSSR count). The second kappa shape index (κ2) is 8.81. The van der Waals surface area contributed by atoms with Crippen LogP contribution in [0.5, 0.6) is 0 Å². The molecule has 2 N–H and O–H groups in total. The first-order chi connectivity index (χ1) is 12.6. The summed E-state index contributed by atoms with van der Waals surface area (Å²) in [6.07, 6.45) is 1.95. The maximum Gasteiger partial charge on any atom is 0.270 e. The Morgan fingerprint density at radius 2 is 1.85 bits per heavy atom. The van der Waals surface area contributed by atoms with E-state index < -0.39 is 0 Å². The lowest BCUT2D eigenvalue weighted by Gasteiger charge is -2.32. The molecule has 0 atom stereocenters. The van der Waals surface area contributed by atoms with Crippen molar-refractivity contribution in [2.75, 3.05) is 18.4 Å². The molecule has 1 aromatic heterocycles. The number of aromatic nitrogens is 1. The van der Waals surface area contributed by atoms with Crippen molar-refractivity contribution < 1.29 is 4.79 Å². The zero-order valence-electron chi connectivity index (χ0n) is 15.6. The van der Waals surface area contributed by atoms with Crippen molar-refractivity contribution in [3.63, 3.8) is 0 Å². The van der Waals surface area contributed by atoms with Crippen LogP contribution in [0.4, 0.5) is 5.82 Å². The number of anilines is 1. The predicted molar refractivity (Wildman–Crippen MR) is 105 cm³/mol. The van der Waals surface area contributed by atoms with E-state index in [0.717, 1.165) is 38.3 Å². The third-order valence-corrected chi connectivity index (χ3v) is 4.59. The SMILES string of the molecule is CC(C)Nc1cccc(C(=O)NC2CCN(Cc3ccccc3)CC2)n1. The Balaban J connectivity index is 1.49. The number of carbonyl (C=O) groups excluding carboxylic acids is 1. The van der Waals surface area contributed by atoms with Crippen molar-refractivity contribution in [1.82, 2.24) is 15.2 Å². The summed E-state index contributed by atoms with van der Waals surface area (Å²) in [7, 11) is 0. The van der Waals surface area contributed by atoms with Gasteiger partial charge in [-0.2, -0.15) is 0 Å². The minimum atomic E-state index is -0.0843. The van der Waals surface area contributed by atoms with E-state index in [0.29, 0.717) is 5.69 Å². The van der Waals surface area contributed by atoms with Gasteiger partial charge in [-0.05, 0) is 44.4 Å². The summed E-state index contributed by atoms with van der Waals surface area (Å²) in [5, 5.41) is 6.38. The lowest BCUT2D eigenvalue weighted by molar-refractivity contribution is 0.0904. The molecule has 1 amide bonds. The van der Waals surface area contributed by atoms with Gasteiger partial charge in [0.25, 0.3) is 5.91 Å². The molecule has 0 unspecified atom stereocenters. The summed E-state index contributed by atoms with van der Waals surface area (Å²) in [5.74, 6) is 0.657. The Hall–Kier alpha value is -2.40. The van der Waals surface area contributed by atoms with E-state index >= 15 is 0 Å². The van der Waals surface area contributed by atoms with Crippen LogP contribution in [-0.2, 0) is 6.54 Å². The van der Waals surface area contributed by atoms with Crippen LogP contribution < -0.4 is 10.6 Å². The molecule has 5 nitrogen and oxygen atoms in total. The van der Waals surface area contributed by atoms with Gasteiger partial charge in [-0.1, -0.05) is 36.4 Å². The number of likely N-dealkylation sites (tertiary alicyclic amines) is 1. The van der Waals surface area contributed by atoms with E-state index in [1.54, 1.807) is 6.07 Å². The van der Waals surface area contributed by atoms with Crippen LogP contribution in [0.15, 0.2) is 48.5 Å². The highest BCUT2D eigenvalue weighted by Gasteiger charge is 2.21. The molecule has 1 fully saturated rings. The molecular weight excluding hydrogens is 324 g/mol. The third kappa shape index (κ3) is 5.30. The minimum Gasteiger partial charge on any atom is -0.368 e. The molecule has 0 saturated carbocycles. The van der Waals surface area contributed by atoms with E-state index in [1.165, 1.54) is 5.56 Å². The van der Waals surface area contributed by atoms with Gasteiger partial charge in [-0.3, -0.25) is 9.69 Å². The number of nitrogens with one attached hydrogen (secondary N) is 2. The monoisotopic (exact) mass is 352 g/mol. The molecule has 0 spiro atoms. The fourth-order valence-corrected chi connectivity index (χ4v) is 3.27. The van der Waals surface area contributed by atoms with Crippen LogP contribution in [0.3, 0.4) is 0 Å². The predicted octanol–water partition coefficient (Wildman–Crippen LogP) is 3.30. The third-order valence-electron chi connectivity index (χ3n) is 4.59. The maximum atomic E-state index is 12.5. The van der Waals surface area contributed by atoms with Gasteiger partial charge >= 0.3 is 0 Å². The zero-order chi connectivity index (χ0) is 18.4. The molecule has 2 heterocycles. The van der Waals surface area contributed by atoms with Crippen molar-refractivity contribution in [3.8, 4) is 0 Å². The van der Waals surface area contributed by atoms with Crippen molar-refractivity contribution in [2.45, 2.75) is 45.3 Å². The Bertz CT molecular complexity index is 709. The van der Waals surface area contributed by atoms with E-state index in [2.05, 4.69) is 58.6 Å². The molecule has 26 heavy (non-hydrogen) atoms. The molecule has 0 aliphatic carbocycles. The average molecular weight is 352 g/mol. The van der Waals surface area contributed by atoms with Crippen molar-refractivity contribution in [2.24, 2.45) is 0 Å². The maximum absolute atomic E-state index is 12.5. The van der Waals surface area contributed by atoms with Gasteiger partial charge in [0.1, 0.15) is 11.5 Å². The highest BCUT2D eigenvalue weighted by atomic mass is 16.1. The number of hydrogen-bond donors (Lipinski definition) is 2. The van der Waals surface area contributed by atoms with Crippen molar-refractivity contribution >= 4 is 11.7 Å². The molecule has 138 valence electrons. The molecule has 2 aromatic rings. The molecule has 0 bridgehead atoms. The van der Waals surface area contributed by atoms with Crippen LogP contribution in [0.1, 0.15) is 42.7 Å². The van der Waals surface area contributed by atoms with Gasteiger partial charge < -0.3 is 10.6 Å². The van der Waals surface area contributed by atoms with Gasteiger partial charge in [0.15, 0.2) is 0 Å². The number of amides is 1. The van der Waals surface area contributed by atoms with Crippen LogP contribution in [0.2, 0.25) is 0 Å². The van der Waals surface area contributed by atoms with Gasteiger partial charge in [-0.25, -0.2) is 4.98 Å². The molecule has 1 aliphatic heterocycles. The van der Waals surface area contributed by atoms with Gasteiger partial charge in [-0.15, -0.1) is 0 Å². The molecule has 1 aliphatic rings. The Kier molecular flexibility index (Phi) is 6.23. The number of hydrogen-bond acceptors (Lipinski definition) is 4. The molecule has 1 aromatic carbocycles. The van der Waals surface area contributed by atoms with Crippen LogP contribution in [0, 0.1) is 0 Å². The van der Waals surface area contributed by atoms with Crippen LogP contribution in [-0.4, -0.2) is 41.0 Å². The van der Waals surface area contributed by atoms with E-state index in [-0.39, 0.29) is 18.0 Å². The summed E-state index contributed by atoms with van der Waals surface area (Å²) < 4.78 is 0. The number of nitrogens with zero attached hydrogens (tertiary/aromatic N) is 2. The summed E-state index contributed by atoms with van der Waals surface area (Å²) >= 11 is 0. The molecular formula is C21H28N4O. The van der Waals surface area contributed by atoms with Gasteiger partial charge in [0.2, 0.25) is 0 Å². The highest BCUT2D eigenvalue weighted by molar-refractivity contribution is 5.92. The van der Waals surface area contributed by atoms with Gasteiger partial charge in [0, 0.05) is 31.7 Å². The van der Waals surface area contributed by atoms with E-state index in [4.69, 9.17) is 0 Å². The summed E-state index contributed by atoms with van der Waals surface area (Å²) in [4.78, 5) is 19.4. The second-order valence-electron chi connectivity index (χ2n) is 7.22.